The largest absolute Gasteiger partial charge is 0.378 e. The molecule has 6 heteroatoms. The highest BCUT2D eigenvalue weighted by molar-refractivity contribution is 7.14. The highest BCUT2D eigenvalue weighted by atomic mass is 35.5. The summed E-state index contributed by atoms with van der Waals surface area (Å²) in [5, 5.41) is 5.16. The first-order valence-electron chi connectivity index (χ1n) is 5.69. The zero-order valence-corrected chi connectivity index (χ0v) is 12.3. The molecule has 2 aromatic rings. The maximum atomic E-state index is 12.0. The highest BCUT2D eigenvalue weighted by Crippen LogP contribution is 2.18. The summed E-state index contributed by atoms with van der Waals surface area (Å²) in [4.78, 5) is 18.2. The molecule has 4 nitrogen and oxygen atoms in total. The average molecular weight is 296 g/mol. The summed E-state index contributed by atoms with van der Waals surface area (Å²) >= 11 is 7.04. The van der Waals surface area contributed by atoms with Gasteiger partial charge in [0.2, 0.25) is 0 Å². The molecule has 1 amide bonds. The van der Waals surface area contributed by atoms with E-state index in [1.165, 1.54) is 11.3 Å². The Balaban J connectivity index is 2.07. The Morgan fingerprint density at radius 1 is 1.37 bits per heavy atom. The van der Waals surface area contributed by atoms with Crippen molar-refractivity contribution in [2.24, 2.45) is 0 Å². The molecule has 2 rings (SSSR count). The second-order valence-electron chi connectivity index (χ2n) is 4.17. The van der Waals surface area contributed by atoms with Crippen molar-refractivity contribution in [1.82, 2.24) is 4.98 Å². The summed E-state index contributed by atoms with van der Waals surface area (Å²) in [6.07, 6.45) is 0. The van der Waals surface area contributed by atoms with Crippen LogP contribution in [0.15, 0.2) is 29.6 Å². The molecule has 0 aliphatic carbocycles. The SMILES string of the molecule is CN(C)c1ccc(C(=O)Nc2nc(CCl)cs2)cc1. The Morgan fingerprint density at radius 2 is 2.05 bits per heavy atom. The van der Waals surface area contributed by atoms with E-state index in [-0.39, 0.29) is 5.91 Å². The Hall–Kier alpha value is -1.59. The van der Waals surface area contributed by atoms with Crippen LogP contribution in [0.2, 0.25) is 0 Å². The van der Waals surface area contributed by atoms with Crippen molar-refractivity contribution in [3.8, 4) is 0 Å². The van der Waals surface area contributed by atoms with Crippen LogP contribution < -0.4 is 10.2 Å². The standard InChI is InChI=1S/C13H14ClN3OS/c1-17(2)11-5-3-9(4-6-11)12(18)16-13-15-10(7-14)8-19-13/h3-6,8H,7H2,1-2H3,(H,15,16,18). The molecule has 0 aliphatic heterocycles. The second kappa shape index (κ2) is 6.04. The summed E-state index contributed by atoms with van der Waals surface area (Å²) in [5.41, 5.74) is 2.42. The van der Waals surface area contributed by atoms with Gasteiger partial charge in [0.1, 0.15) is 0 Å². The van der Waals surface area contributed by atoms with Crippen LogP contribution in [0.25, 0.3) is 0 Å². The minimum absolute atomic E-state index is 0.166. The molecule has 0 fully saturated rings. The Labute approximate surface area is 121 Å². The predicted octanol–water partition coefficient (Wildman–Crippen LogP) is 3.20. The summed E-state index contributed by atoms with van der Waals surface area (Å²) < 4.78 is 0. The van der Waals surface area contributed by atoms with Crippen LogP contribution in [0.5, 0.6) is 0 Å². The minimum Gasteiger partial charge on any atom is -0.378 e. The molecule has 19 heavy (non-hydrogen) atoms. The van der Waals surface area contributed by atoms with Gasteiger partial charge in [-0.2, -0.15) is 0 Å². The molecule has 0 radical (unpaired) electrons. The van der Waals surface area contributed by atoms with E-state index in [0.29, 0.717) is 16.6 Å². The van der Waals surface area contributed by atoms with Crippen LogP contribution in [0.3, 0.4) is 0 Å². The third-order valence-electron chi connectivity index (χ3n) is 2.56. The molecule has 0 saturated heterocycles. The van der Waals surface area contributed by atoms with Gasteiger partial charge in [0, 0.05) is 30.7 Å². The van der Waals surface area contributed by atoms with Crippen LogP contribution in [-0.2, 0) is 5.88 Å². The van der Waals surface area contributed by atoms with E-state index >= 15 is 0 Å². The van der Waals surface area contributed by atoms with Gasteiger partial charge in [-0.15, -0.1) is 22.9 Å². The van der Waals surface area contributed by atoms with Crippen molar-refractivity contribution >= 4 is 39.7 Å². The normalized spacial score (nSPS) is 10.3. The number of aromatic nitrogens is 1. The summed E-state index contributed by atoms with van der Waals surface area (Å²) in [6.45, 7) is 0. The van der Waals surface area contributed by atoms with Gasteiger partial charge in [-0.25, -0.2) is 4.98 Å². The van der Waals surface area contributed by atoms with Gasteiger partial charge in [-0.05, 0) is 24.3 Å². The first-order chi connectivity index (χ1) is 9.10. The van der Waals surface area contributed by atoms with E-state index in [1.807, 2.05) is 36.5 Å². The molecule has 100 valence electrons. The van der Waals surface area contributed by atoms with Crippen molar-refractivity contribution in [2.75, 3.05) is 24.3 Å². The number of halogens is 1. The summed E-state index contributed by atoms with van der Waals surface area (Å²) in [5.74, 6) is 0.185. The van der Waals surface area contributed by atoms with Crippen LogP contribution in [0.4, 0.5) is 10.8 Å². The maximum Gasteiger partial charge on any atom is 0.257 e. The molecule has 0 saturated carbocycles. The molecule has 0 aliphatic rings. The maximum absolute atomic E-state index is 12.0. The molecular formula is C13H14ClN3OS. The number of rotatable bonds is 4. The smallest absolute Gasteiger partial charge is 0.257 e. The number of hydrogen-bond acceptors (Lipinski definition) is 4. The fraction of sp³-hybridized carbons (Fsp3) is 0.231. The minimum atomic E-state index is -0.166. The molecule has 0 atom stereocenters. The molecule has 1 aromatic heterocycles. The molecule has 1 aromatic carbocycles. The van der Waals surface area contributed by atoms with E-state index in [2.05, 4.69) is 10.3 Å². The fourth-order valence-electron chi connectivity index (χ4n) is 1.51. The summed E-state index contributed by atoms with van der Waals surface area (Å²) in [6, 6.07) is 7.39. The Bertz CT molecular complexity index is 566. The fourth-order valence-corrected chi connectivity index (χ4v) is 2.44. The lowest BCUT2D eigenvalue weighted by molar-refractivity contribution is 0.102. The second-order valence-corrected chi connectivity index (χ2v) is 5.30. The molecule has 0 unspecified atom stereocenters. The molecular weight excluding hydrogens is 282 g/mol. The number of anilines is 2. The lowest BCUT2D eigenvalue weighted by atomic mass is 10.2. The number of nitrogens with one attached hydrogen (secondary N) is 1. The van der Waals surface area contributed by atoms with Crippen LogP contribution >= 0.6 is 22.9 Å². The van der Waals surface area contributed by atoms with Gasteiger partial charge in [-0.1, -0.05) is 0 Å². The van der Waals surface area contributed by atoms with Crippen molar-refractivity contribution in [3.63, 3.8) is 0 Å². The average Bonchev–Trinajstić information content (AvgIpc) is 2.86. The zero-order chi connectivity index (χ0) is 13.8. The van der Waals surface area contributed by atoms with Crippen molar-refractivity contribution < 1.29 is 4.79 Å². The third-order valence-corrected chi connectivity index (χ3v) is 3.64. The number of carbonyl (C=O) groups is 1. The van der Waals surface area contributed by atoms with E-state index in [4.69, 9.17) is 11.6 Å². The number of alkyl halides is 1. The van der Waals surface area contributed by atoms with Gasteiger partial charge in [0.15, 0.2) is 5.13 Å². The van der Waals surface area contributed by atoms with Crippen LogP contribution in [0, 0.1) is 0 Å². The topological polar surface area (TPSA) is 45.2 Å². The number of amides is 1. The van der Waals surface area contributed by atoms with Crippen molar-refractivity contribution in [2.45, 2.75) is 5.88 Å². The predicted molar refractivity (Wildman–Crippen MR) is 80.4 cm³/mol. The molecule has 0 spiro atoms. The van der Waals surface area contributed by atoms with Crippen molar-refractivity contribution in [3.05, 3.63) is 40.9 Å². The Morgan fingerprint density at radius 3 is 2.58 bits per heavy atom. The van der Waals surface area contributed by atoms with E-state index in [9.17, 15) is 4.79 Å². The molecule has 0 bridgehead atoms. The number of carbonyl (C=O) groups excluding carboxylic acids is 1. The van der Waals surface area contributed by atoms with E-state index in [1.54, 1.807) is 12.1 Å². The number of nitrogens with zero attached hydrogens (tertiary/aromatic N) is 2. The van der Waals surface area contributed by atoms with E-state index in [0.717, 1.165) is 11.4 Å². The molecule has 1 heterocycles. The van der Waals surface area contributed by atoms with Crippen LogP contribution in [-0.4, -0.2) is 25.0 Å². The van der Waals surface area contributed by atoms with Crippen molar-refractivity contribution in [1.29, 1.82) is 0 Å². The lowest BCUT2D eigenvalue weighted by Gasteiger charge is -2.12. The third kappa shape index (κ3) is 3.45. The first kappa shape index (κ1) is 13.8. The number of hydrogen-bond donors (Lipinski definition) is 1. The first-order valence-corrected chi connectivity index (χ1v) is 7.10. The van der Waals surface area contributed by atoms with E-state index < -0.39 is 0 Å². The van der Waals surface area contributed by atoms with Gasteiger partial charge >= 0.3 is 0 Å². The van der Waals surface area contributed by atoms with Gasteiger partial charge in [-0.3, -0.25) is 10.1 Å². The monoisotopic (exact) mass is 295 g/mol. The Kier molecular flexibility index (Phi) is 4.39. The number of benzene rings is 1. The summed E-state index contributed by atoms with van der Waals surface area (Å²) in [7, 11) is 3.91. The zero-order valence-electron chi connectivity index (χ0n) is 10.7. The lowest BCUT2D eigenvalue weighted by Crippen LogP contribution is -2.13. The highest BCUT2D eigenvalue weighted by Gasteiger charge is 2.09. The van der Waals surface area contributed by atoms with Gasteiger partial charge in [0.05, 0.1) is 11.6 Å². The quantitative estimate of drug-likeness (QED) is 0.881. The van der Waals surface area contributed by atoms with Crippen LogP contribution in [0.1, 0.15) is 16.1 Å². The van der Waals surface area contributed by atoms with Gasteiger partial charge < -0.3 is 4.90 Å². The van der Waals surface area contributed by atoms with Gasteiger partial charge in [0.25, 0.3) is 5.91 Å². The number of thiazole rings is 1. The molecule has 1 N–H and O–H groups in total.